The molecule has 28 heavy (non-hydrogen) atoms. The molecule has 2 heterocycles. The van der Waals surface area contributed by atoms with Crippen molar-refractivity contribution in [1.82, 2.24) is 9.80 Å². The smallest absolute Gasteiger partial charge is 0.312 e. The number of likely N-dealkylation sites (tertiary alicyclic amines) is 1. The molecule has 0 bridgehead atoms. The summed E-state index contributed by atoms with van der Waals surface area (Å²) in [6.45, 7) is 2.76. The van der Waals surface area contributed by atoms with Gasteiger partial charge in [0.15, 0.2) is 0 Å². The minimum Gasteiger partial charge on any atom is -0.312 e. The van der Waals surface area contributed by atoms with Gasteiger partial charge in [-0.25, -0.2) is 9.69 Å². The Kier molecular flexibility index (Phi) is 5.09. The lowest BCUT2D eigenvalue weighted by Crippen LogP contribution is -2.46. The first-order valence-electron chi connectivity index (χ1n) is 9.56. The highest BCUT2D eigenvalue weighted by molar-refractivity contribution is 6.19. The molecule has 4 rings (SSSR count). The van der Waals surface area contributed by atoms with Crippen LogP contribution in [0.25, 0.3) is 0 Å². The van der Waals surface area contributed by atoms with Crippen molar-refractivity contribution in [2.45, 2.75) is 25.4 Å². The number of carbonyl (C=O) groups excluding carboxylic acids is 2. The van der Waals surface area contributed by atoms with Crippen molar-refractivity contribution in [1.29, 1.82) is 5.26 Å². The topological polar surface area (TPSA) is 67.7 Å². The fourth-order valence-electron chi connectivity index (χ4n) is 3.97. The first kappa shape index (κ1) is 18.2. The molecule has 0 unspecified atom stereocenters. The van der Waals surface area contributed by atoms with Crippen molar-refractivity contribution in [3.8, 4) is 6.07 Å². The fourth-order valence-corrected chi connectivity index (χ4v) is 3.97. The van der Waals surface area contributed by atoms with Gasteiger partial charge in [0.2, 0.25) is 0 Å². The number of imide groups is 1. The first-order chi connectivity index (χ1) is 13.7. The number of anilines is 1. The van der Waals surface area contributed by atoms with Crippen molar-refractivity contribution in [2.75, 3.05) is 24.5 Å². The standard InChI is InChI=1S/C22H22N4O2/c23-14-17-6-8-18(9-7-17)15-24-12-10-19(11-13-24)25-16-21(27)26(22(25)28)20-4-2-1-3-5-20/h1-9,19H,10-13,15-16H2. The predicted molar refractivity (Wildman–Crippen MR) is 105 cm³/mol. The molecule has 6 heteroatoms. The van der Waals surface area contributed by atoms with Crippen LogP contribution in [-0.2, 0) is 11.3 Å². The highest BCUT2D eigenvalue weighted by Gasteiger charge is 2.41. The summed E-state index contributed by atoms with van der Waals surface area (Å²) < 4.78 is 0. The number of rotatable bonds is 4. The van der Waals surface area contributed by atoms with Crippen LogP contribution < -0.4 is 4.90 Å². The maximum absolute atomic E-state index is 12.8. The largest absolute Gasteiger partial charge is 0.332 e. The van der Waals surface area contributed by atoms with Crippen LogP contribution in [0.15, 0.2) is 54.6 Å². The Morgan fingerprint density at radius 2 is 1.64 bits per heavy atom. The normalized spacial score (nSPS) is 18.5. The third kappa shape index (κ3) is 3.62. The number of benzene rings is 2. The maximum atomic E-state index is 12.8. The molecule has 6 nitrogen and oxygen atoms in total. The van der Waals surface area contributed by atoms with Gasteiger partial charge in [0.1, 0.15) is 6.54 Å². The number of nitrogens with zero attached hydrogens (tertiary/aromatic N) is 4. The lowest BCUT2D eigenvalue weighted by atomic mass is 10.0. The van der Waals surface area contributed by atoms with Gasteiger partial charge in [-0.05, 0) is 42.7 Å². The van der Waals surface area contributed by atoms with Crippen molar-refractivity contribution < 1.29 is 9.59 Å². The maximum Gasteiger partial charge on any atom is 0.332 e. The first-order valence-corrected chi connectivity index (χ1v) is 9.56. The highest BCUT2D eigenvalue weighted by Crippen LogP contribution is 2.26. The van der Waals surface area contributed by atoms with Crippen LogP contribution in [0.1, 0.15) is 24.0 Å². The molecule has 2 aromatic carbocycles. The molecule has 0 aromatic heterocycles. The average molecular weight is 374 g/mol. The van der Waals surface area contributed by atoms with Crippen LogP contribution in [0, 0.1) is 11.3 Å². The van der Waals surface area contributed by atoms with Crippen LogP contribution >= 0.6 is 0 Å². The van der Waals surface area contributed by atoms with Gasteiger partial charge in [-0.2, -0.15) is 5.26 Å². The zero-order valence-corrected chi connectivity index (χ0v) is 15.6. The molecule has 0 spiro atoms. The minimum atomic E-state index is -0.207. The van der Waals surface area contributed by atoms with E-state index in [0.717, 1.165) is 32.5 Å². The Hall–Kier alpha value is -3.17. The highest BCUT2D eigenvalue weighted by atomic mass is 16.2. The molecular formula is C22H22N4O2. The van der Waals surface area contributed by atoms with Gasteiger partial charge in [0.05, 0.1) is 17.3 Å². The van der Waals surface area contributed by atoms with E-state index in [1.807, 2.05) is 42.5 Å². The number of piperidine rings is 1. The van der Waals surface area contributed by atoms with E-state index >= 15 is 0 Å². The molecule has 0 aliphatic carbocycles. The van der Waals surface area contributed by atoms with E-state index in [-0.39, 0.29) is 24.5 Å². The van der Waals surface area contributed by atoms with E-state index in [2.05, 4.69) is 11.0 Å². The summed E-state index contributed by atoms with van der Waals surface area (Å²) in [6.07, 6.45) is 1.72. The second-order valence-electron chi connectivity index (χ2n) is 7.29. The molecule has 2 aliphatic rings. The number of carbonyl (C=O) groups is 2. The number of amides is 3. The number of hydrogen-bond donors (Lipinski definition) is 0. The summed E-state index contributed by atoms with van der Waals surface area (Å²) in [5.74, 6) is -0.156. The summed E-state index contributed by atoms with van der Waals surface area (Å²) in [4.78, 5) is 30.6. The Morgan fingerprint density at radius 1 is 0.964 bits per heavy atom. The summed E-state index contributed by atoms with van der Waals surface area (Å²) in [6, 6.07) is 18.8. The second-order valence-corrected chi connectivity index (χ2v) is 7.29. The van der Waals surface area contributed by atoms with Crippen molar-refractivity contribution in [3.63, 3.8) is 0 Å². The Bertz CT molecular complexity index is 896. The summed E-state index contributed by atoms with van der Waals surface area (Å²) in [5.41, 5.74) is 2.49. The Balaban J connectivity index is 1.35. The van der Waals surface area contributed by atoms with Gasteiger partial charge in [-0.3, -0.25) is 9.69 Å². The lowest BCUT2D eigenvalue weighted by Gasteiger charge is -2.36. The molecule has 0 radical (unpaired) electrons. The number of para-hydroxylation sites is 1. The summed E-state index contributed by atoms with van der Waals surface area (Å²) in [7, 11) is 0. The monoisotopic (exact) mass is 374 g/mol. The molecular weight excluding hydrogens is 352 g/mol. The van der Waals surface area contributed by atoms with Crippen molar-refractivity contribution in [3.05, 3.63) is 65.7 Å². The third-order valence-corrected chi connectivity index (χ3v) is 5.49. The van der Waals surface area contributed by atoms with E-state index < -0.39 is 0 Å². The molecule has 2 fully saturated rings. The molecule has 2 aromatic rings. The predicted octanol–water partition coefficient (Wildman–Crippen LogP) is 2.99. The molecule has 3 amide bonds. The second kappa shape index (κ2) is 7.83. The minimum absolute atomic E-state index is 0.0994. The van der Waals surface area contributed by atoms with Gasteiger partial charge in [0.25, 0.3) is 5.91 Å². The van der Waals surface area contributed by atoms with Crippen LogP contribution in [0.3, 0.4) is 0 Å². The number of urea groups is 1. The van der Waals surface area contributed by atoms with Crippen LogP contribution in [-0.4, -0.2) is 47.4 Å². The zero-order chi connectivity index (χ0) is 19.5. The van der Waals surface area contributed by atoms with Crippen molar-refractivity contribution in [2.24, 2.45) is 0 Å². The van der Waals surface area contributed by atoms with Crippen LogP contribution in [0.5, 0.6) is 0 Å². The molecule has 0 saturated carbocycles. The Labute approximate surface area is 164 Å². The van der Waals surface area contributed by atoms with Gasteiger partial charge >= 0.3 is 6.03 Å². The molecule has 2 saturated heterocycles. The SMILES string of the molecule is N#Cc1ccc(CN2CCC(N3CC(=O)N(c4ccccc4)C3=O)CC2)cc1. The Morgan fingerprint density at radius 3 is 2.29 bits per heavy atom. The van der Waals surface area contributed by atoms with Gasteiger partial charge in [-0.15, -0.1) is 0 Å². The lowest BCUT2D eigenvalue weighted by molar-refractivity contribution is -0.116. The van der Waals surface area contributed by atoms with Crippen molar-refractivity contribution >= 4 is 17.6 Å². The third-order valence-electron chi connectivity index (χ3n) is 5.49. The van der Waals surface area contributed by atoms with Crippen LogP contribution in [0.4, 0.5) is 10.5 Å². The van der Waals surface area contributed by atoms with Gasteiger partial charge in [0, 0.05) is 25.7 Å². The zero-order valence-electron chi connectivity index (χ0n) is 15.6. The molecule has 2 aliphatic heterocycles. The molecule has 0 atom stereocenters. The van der Waals surface area contributed by atoms with E-state index in [9.17, 15) is 9.59 Å². The van der Waals surface area contributed by atoms with Crippen LogP contribution in [0.2, 0.25) is 0 Å². The fraction of sp³-hybridized carbons (Fsp3) is 0.318. The van der Waals surface area contributed by atoms with E-state index in [0.29, 0.717) is 11.3 Å². The van der Waals surface area contributed by atoms with Gasteiger partial charge < -0.3 is 4.90 Å². The molecule has 0 N–H and O–H groups in total. The molecule has 142 valence electrons. The van der Waals surface area contributed by atoms with E-state index in [4.69, 9.17) is 5.26 Å². The summed E-state index contributed by atoms with van der Waals surface area (Å²) in [5, 5.41) is 8.89. The van der Waals surface area contributed by atoms with Gasteiger partial charge in [-0.1, -0.05) is 30.3 Å². The quantitative estimate of drug-likeness (QED) is 0.772. The average Bonchev–Trinajstić information content (AvgIpc) is 3.04. The number of hydrogen-bond acceptors (Lipinski definition) is 4. The van der Waals surface area contributed by atoms with E-state index in [1.165, 1.54) is 10.5 Å². The summed E-state index contributed by atoms with van der Waals surface area (Å²) >= 11 is 0. The van der Waals surface area contributed by atoms with E-state index in [1.54, 1.807) is 17.0 Å². The number of nitriles is 1.